The van der Waals surface area contributed by atoms with Crippen molar-refractivity contribution >= 4 is 44.4 Å². The number of hydrogen-bond acceptors (Lipinski definition) is 4. The Kier molecular flexibility index (Phi) is 7.10. The Morgan fingerprint density at radius 3 is 2.57 bits per heavy atom. The highest BCUT2D eigenvalue weighted by molar-refractivity contribution is 8.00. The normalized spacial score (nSPS) is 11.3. The van der Waals surface area contributed by atoms with Crippen molar-refractivity contribution in [3.05, 3.63) is 53.6 Å². The summed E-state index contributed by atoms with van der Waals surface area (Å²) in [4.78, 5) is 22.3. The minimum absolute atomic E-state index is 0.121. The number of aryl methyl sites for hydroxylation is 2. The minimum atomic E-state index is 0.121. The molecule has 148 valence electrons. The SMILES string of the molecule is Cc1ccc(SCC(=O)N(CCC[NH+](C)C)c2nc3c(C)cccc3s2)cc1. The first-order chi connectivity index (χ1) is 13.4. The first-order valence-corrected chi connectivity index (χ1v) is 11.4. The maximum Gasteiger partial charge on any atom is 0.239 e. The molecule has 1 heterocycles. The fraction of sp³-hybridized carbons (Fsp3) is 0.364. The second-order valence-electron chi connectivity index (χ2n) is 7.38. The number of para-hydroxylation sites is 1. The number of thiazole rings is 1. The van der Waals surface area contributed by atoms with Crippen LogP contribution in [-0.4, -0.2) is 43.8 Å². The molecule has 4 nitrogen and oxygen atoms in total. The van der Waals surface area contributed by atoms with Gasteiger partial charge in [0.05, 0.1) is 36.6 Å². The van der Waals surface area contributed by atoms with E-state index in [1.165, 1.54) is 10.5 Å². The summed E-state index contributed by atoms with van der Waals surface area (Å²) in [7, 11) is 4.28. The third-order valence-corrected chi connectivity index (χ3v) is 6.62. The third kappa shape index (κ3) is 5.34. The number of amides is 1. The van der Waals surface area contributed by atoms with Crippen molar-refractivity contribution in [2.45, 2.75) is 25.2 Å². The van der Waals surface area contributed by atoms with Gasteiger partial charge in [0.15, 0.2) is 5.13 Å². The smallest absolute Gasteiger partial charge is 0.239 e. The Bertz CT molecular complexity index is 935. The average Bonchev–Trinajstić information content (AvgIpc) is 3.09. The molecular weight excluding hydrogens is 386 g/mol. The predicted molar refractivity (Wildman–Crippen MR) is 121 cm³/mol. The van der Waals surface area contributed by atoms with Gasteiger partial charge < -0.3 is 4.90 Å². The van der Waals surface area contributed by atoms with E-state index in [0.717, 1.165) is 38.8 Å². The summed E-state index contributed by atoms with van der Waals surface area (Å²) in [6.07, 6.45) is 0.957. The van der Waals surface area contributed by atoms with Gasteiger partial charge in [-0.1, -0.05) is 41.2 Å². The number of fused-ring (bicyclic) bond motifs is 1. The quantitative estimate of drug-likeness (QED) is 0.573. The summed E-state index contributed by atoms with van der Waals surface area (Å²) in [6, 6.07) is 14.5. The zero-order chi connectivity index (χ0) is 20.1. The highest BCUT2D eigenvalue weighted by Crippen LogP contribution is 2.31. The van der Waals surface area contributed by atoms with Crippen LogP contribution in [0.2, 0.25) is 0 Å². The summed E-state index contributed by atoms with van der Waals surface area (Å²) in [6.45, 7) is 5.87. The molecule has 0 aliphatic carbocycles. The van der Waals surface area contributed by atoms with Crippen molar-refractivity contribution < 1.29 is 9.69 Å². The molecule has 1 amide bonds. The van der Waals surface area contributed by atoms with Crippen LogP contribution >= 0.6 is 23.1 Å². The first kappa shape index (κ1) is 20.8. The van der Waals surface area contributed by atoms with Gasteiger partial charge in [-0.15, -0.1) is 11.8 Å². The van der Waals surface area contributed by atoms with Crippen LogP contribution in [0.15, 0.2) is 47.4 Å². The van der Waals surface area contributed by atoms with E-state index < -0.39 is 0 Å². The lowest BCUT2D eigenvalue weighted by Crippen LogP contribution is -3.05. The second-order valence-corrected chi connectivity index (χ2v) is 9.43. The molecule has 0 radical (unpaired) electrons. The maximum absolute atomic E-state index is 13.1. The van der Waals surface area contributed by atoms with Gasteiger partial charge in [0.25, 0.3) is 0 Å². The van der Waals surface area contributed by atoms with Gasteiger partial charge in [-0.05, 0) is 37.6 Å². The molecule has 0 fully saturated rings. The average molecular weight is 415 g/mol. The third-order valence-electron chi connectivity index (χ3n) is 4.58. The van der Waals surface area contributed by atoms with Crippen LogP contribution in [-0.2, 0) is 4.79 Å². The van der Waals surface area contributed by atoms with E-state index >= 15 is 0 Å². The molecule has 0 spiro atoms. The van der Waals surface area contributed by atoms with E-state index in [9.17, 15) is 4.79 Å². The Morgan fingerprint density at radius 1 is 1.14 bits per heavy atom. The van der Waals surface area contributed by atoms with E-state index in [1.807, 2.05) is 4.90 Å². The molecule has 2 aromatic carbocycles. The molecule has 1 N–H and O–H groups in total. The number of aromatic nitrogens is 1. The monoisotopic (exact) mass is 414 g/mol. The first-order valence-electron chi connectivity index (χ1n) is 9.59. The van der Waals surface area contributed by atoms with E-state index in [1.54, 1.807) is 23.1 Å². The van der Waals surface area contributed by atoms with E-state index in [0.29, 0.717) is 12.3 Å². The molecule has 6 heteroatoms. The summed E-state index contributed by atoms with van der Waals surface area (Å²) in [5.41, 5.74) is 3.39. The van der Waals surface area contributed by atoms with Gasteiger partial charge >= 0.3 is 0 Å². The van der Waals surface area contributed by atoms with Crippen LogP contribution in [0.3, 0.4) is 0 Å². The van der Waals surface area contributed by atoms with Crippen molar-refractivity contribution in [2.75, 3.05) is 37.8 Å². The molecule has 28 heavy (non-hydrogen) atoms. The minimum Gasteiger partial charge on any atom is -0.340 e. The second kappa shape index (κ2) is 9.54. The Labute approximate surface area is 175 Å². The lowest BCUT2D eigenvalue weighted by Gasteiger charge is -2.20. The number of nitrogens with zero attached hydrogens (tertiary/aromatic N) is 2. The molecule has 1 aromatic heterocycles. The summed E-state index contributed by atoms with van der Waals surface area (Å²) >= 11 is 3.20. The molecule has 0 saturated carbocycles. The zero-order valence-corrected chi connectivity index (χ0v) is 18.6. The molecule has 0 bridgehead atoms. The number of nitrogens with one attached hydrogen (secondary N) is 1. The van der Waals surface area contributed by atoms with E-state index in [2.05, 4.69) is 70.4 Å². The molecule has 0 saturated heterocycles. The van der Waals surface area contributed by atoms with E-state index in [4.69, 9.17) is 4.98 Å². The topological polar surface area (TPSA) is 37.6 Å². The molecule has 0 aliphatic rings. The molecule has 3 rings (SSSR count). The van der Waals surface area contributed by atoms with Gasteiger partial charge in [0.1, 0.15) is 0 Å². The number of anilines is 1. The number of hydrogen-bond donors (Lipinski definition) is 1. The number of quaternary nitrogens is 1. The van der Waals surface area contributed by atoms with Gasteiger partial charge in [-0.2, -0.15) is 0 Å². The van der Waals surface area contributed by atoms with E-state index in [-0.39, 0.29) is 5.91 Å². The molecule has 0 atom stereocenters. The Hall–Kier alpha value is -1.89. The molecule has 0 unspecified atom stereocenters. The van der Waals surface area contributed by atoms with Crippen LogP contribution in [0.4, 0.5) is 5.13 Å². The van der Waals surface area contributed by atoms with Crippen LogP contribution < -0.4 is 9.80 Å². The van der Waals surface area contributed by atoms with Crippen molar-refractivity contribution in [3.63, 3.8) is 0 Å². The van der Waals surface area contributed by atoms with Crippen LogP contribution in [0.25, 0.3) is 10.2 Å². The van der Waals surface area contributed by atoms with Gasteiger partial charge in [0, 0.05) is 17.9 Å². The lowest BCUT2D eigenvalue weighted by atomic mass is 10.2. The summed E-state index contributed by atoms with van der Waals surface area (Å²) in [5.74, 6) is 0.545. The fourth-order valence-electron chi connectivity index (χ4n) is 2.97. The maximum atomic E-state index is 13.1. The van der Waals surface area contributed by atoms with Crippen molar-refractivity contribution in [2.24, 2.45) is 0 Å². The highest BCUT2D eigenvalue weighted by Gasteiger charge is 2.20. The van der Waals surface area contributed by atoms with Crippen LogP contribution in [0.1, 0.15) is 17.5 Å². The van der Waals surface area contributed by atoms with Gasteiger partial charge in [-0.3, -0.25) is 9.69 Å². The van der Waals surface area contributed by atoms with Crippen LogP contribution in [0.5, 0.6) is 0 Å². The number of benzene rings is 2. The molecular formula is C22H28N3OS2+. The molecule has 0 aliphatic heterocycles. The number of rotatable bonds is 8. The van der Waals surface area contributed by atoms with Gasteiger partial charge in [0.2, 0.25) is 5.91 Å². The molecule has 3 aromatic rings. The largest absolute Gasteiger partial charge is 0.340 e. The van der Waals surface area contributed by atoms with Crippen molar-refractivity contribution in [1.29, 1.82) is 0 Å². The summed E-state index contributed by atoms with van der Waals surface area (Å²) < 4.78 is 1.14. The number of carbonyl (C=O) groups is 1. The number of thioether (sulfide) groups is 1. The highest BCUT2D eigenvalue weighted by atomic mass is 32.2. The number of carbonyl (C=O) groups excluding carboxylic acids is 1. The van der Waals surface area contributed by atoms with Crippen molar-refractivity contribution in [1.82, 2.24) is 4.98 Å². The zero-order valence-electron chi connectivity index (χ0n) is 17.0. The fourth-order valence-corrected chi connectivity index (χ4v) is 4.83. The van der Waals surface area contributed by atoms with Crippen molar-refractivity contribution in [3.8, 4) is 0 Å². The summed E-state index contributed by atoms with van der Waals surface area (Å²) in [5, 5.41) is 0.813. The Morgan fingerprint density at radius 2 is 1.89 bits per heavy atom. The predicted octanol–water partition coefficient (Wildman–Crippen LogP) is 3.57. The Balaban J connectivity index is 1.77. The lowest BCUT2D eigenvalue weighted by molar-refractivity contribution is -0.858. The standard InChI is InChI=1S/C22H27N3OS2/c1-16-9-11-18(12-10-16)27-15-20(26)25(14-6-13-24(3)4)22-23-21-17(2)7-5-8-19(21)28-22/h5,7-12H,6,13-15H2,1-4H3/p+1. The van der Waals surface area contributed by atoms with Gasteiger partial charge in [-0.25, -0.2) is 4.98 Å². The van der Waals surface area contributed by atoms with Crippen LogP contribution in [0, 0.1) is 13.8 Å².